The van der Waals surface area contributed by atoms with Crippen molar-refractivity contribution in [1.29, 1.82) is 0 Å². The van der Waals surface area contributed by atoms with Crippen LogP contribution in [0.1, 0.15) is 38.8 Å². The standard InChI is InChI=1S/C13H20N2O2/c1-9-4-5-10(2)13(16,8-9)11-12(17-3)15-7-6-14-11/h6-7,9-10,16H,4-5,8H2,1-3H3. The molecule has 94 valence electrons. The zero-order valence-electron chi connectivity index (χ0n) is 10.7. The Morgan fingerprint density at radius 3 is 2.71 bits per heavy atom. The highest BCUT2D eigenvalue weighted by Crippen LogP contribution is 2.45. The summed E-state index contributed by atoms with van der Waals surface area (Å²) < 4.78 is 5.21. The van der Waals surface area contributed by atoms with E-state index in [9.17, 15) is 5.11 Å². The number of aliphatic hydroxyl groups is 1. The molecular formula is C13H20N2O2. The molecule has 1 aliphatic carbocycles. The van der Waals surface area contributed by atoms with E-state index >= 15 is 0 Å². The fourth-order valence-corrected chi connectivity index (χ4v) is 2.71. The predicted molar refractivity (Wildman–Crippen MR) is 64.7 cm³/mol. The normalized spacial score (nSPS) is 33.4. The molecule has 1 saturated carbocycles. The SMILES string of the molecule is COc1nccnc1C1(O)CC(C)CCC1C. The highest BCUT2D eigenvalue weighted by atomic mass is 16.5. The molecule has 1 aromatic heterocycles. The third-order valence-electron chi connectivity index (χ3n) is 3.84. The summed E-state index contributed by atoms with van der Waals surface area (Å²) in [4.78, 5) is 8.42. The van der Waals surface area contributed by atoms with E-state index in [4.69, 9.17) is 4.74 Å². The predicted octanol–water partition coefficient (Wildman–Crippen LogP) is 2.13. The van der Waals surface area contributed by atoms with Crippen molar-refractivity contribution in [3.63, 3.8) is 0 Å². The molecular weight excluding hydrogens is 216 g/mol. The number of hydrogen-bond donors (Lipinski definition) is 1. The number of ether oxygens (including phenoxy) is 1. The molecule has 0 radical (unpaired) electrons. The van der Waals surface area contributed by atoms with Gasteiger partial charge >= 0.3 is 0 Å². The molecule has 0 bridgehead atoms. The first kappa shape index (κ1) is 12.3. The van der Waals surface area contributed by atoms with E-state index in [-0.39, 0.29) is 5.92 Å². The topological polar surface area (TPSA) is 55.2 Å². The average molecular weight is 236 g/mol. The Bertz CT molecular complexity index is 397. The Kier molecular flexibility index (Phi) is 3.33. The van der Waals surface area contributed by atoms with Crippen molar-refractivity contribution in [3.05, 3.63) is 18.1 Å². The lowest BCUT2D eigenvalue weighted by molar-refractivity contribution is -0.0680. The van der Waals surface area contributed by atoms with Gasteiger partial charge in [0.25, 0.3) is 0 Å². The van der Waals surface area contributed by atoms with Gasteiger partial charge < -0.3 is 9.84 Å². The minimum atomic E-state index is -0.905. The van der Waals surface area contributed by atoms with Gasteiger partial charge in [-0.3, -0.25) is 4.98 Å². The Morgan fingerprint density at radius 2 is 2.00 bits per heavy atom. The maximum absolute atomic E-state index is 10.9. The summed E-state index contributed by atoms with van der Waals surface area (Å²) in [6, 6.07) is 0. The molecule has 1 fully saturated rings. The van der Waals surface area contributed by atoms with E-state index in [0.29, 0.717) is 17.5 Å². The van der Waals surface area contributed by atoms with Gasteiger partial charge in [-0.1, -0.05) is 20.3 Å². The second-order valence-corrected chi connectivity index (χ2v) is 5.13. The van der Waals surface area contributed by atoms with E-state index in [2.05, 4.69) is 23.8 Å². The average Bonchev–Trinajstić information content (AvgIpc) is 2.34. The van der Waals surface area contributed by atoms with Crippen LogP contribution in [0.25, 0.3) is 0 Å². The molecule has 1 heterocycles. The second-order valence-electron chi connectivity index (χ2n) is 5.13. The van der Waals surface area contributed by atoms with E-state index in [0.717, 1.165) is 19.3 Å². The molecule has 0 aromatic carbocycles. The molecule has 4 nitrogen and oxygen atoms in total. The van der Waals surface area contributed by atoms with Crippen molar-refractivity contribution in [3.8, 4) is 5.88 Å². The van der Waals surface area contributed by atoms with Gasteiger partial charge in [0.2, 0.25) is 5.88 Å². The van der Waals surface area contributed by atoms with E-state index in [1.807, 2.05) is 0 Å². The van der Waals surface area contributed by atoms with Crippen LogP contribution in [0.5, 0.6) is 5.88 Å². The Morgan fingerprint density at radius 1 is 1.29 bits per heavy atom. The first-order valence-electron chi connectivity index (χ1n) is 6.15. The summed E-state index contributed by atoms with van der Waals surface area (Å²) in [6.45, 7) is 4.24. The Balaban J connectivity index is 2.41. The van der Waals surface area contributed by atoms with Gasteiger partial charge in [0.05, 0.1) is 7.11 Å². The fraction of sp³-hybridized carbons (Fsp3) is 0.692. The summed E-state index contributed by atoms with van der Waals surface area (Å²) in [5.41, 5.74) is -0.321. The molecule has 0 amide bonds. The number of hydrogen-bond acceptors (Lipinski definition) is 4. The van der Waals surface area contributed by atoms with Crippen LogP contribution in [0.15, 0.2) is 12.4 Å². The first-order chi connectivity index (χ1) is 8.08. The van der Waals surface area contributed by atoms with Crippen LogP contribution in [-0.2, 0) is 5.60 Å². The lowest BCUT2D eigenvalue weighted by Gasteiger charge is -2.40. The summed E-state index contributed by atoms with van der Waals surface area (Å²) in [5, 5.41) is 10.9. The van der Waals surface area contributed by atoms with Gasteiger partial charge in [-0.15, -0.1) is 0 Å². The third-order valence-corrected chi connectivity index (χ3v) is 3.84. The monoisotopic (exact) mass is 236 g/mol. The van der Waals surface area contributed by atoms with Crippen LogP contribution < -0.4 is 4.74 Å². The lowest BCUT2D eigenvalue weighted by Crippen LogP contribution is -2.40. The molecule has 4 heteroatoms. The molecule has 1 aliphatic rings. The van der Waals surface area contributed by atoms with Crippen LogP contribution in [0.2, 0.25) is 0 Å². The van der Waals surface area contributed by atoms with Crippen molar-refractivity contribution in [1.82, 2.24) is 9.97 Å². The van der Waals surface area contributed by atoms with Crippen LogP contribution in [0, 0.1) is 11.8 Å². The Hall–Kier alpha value is -1.16. The van der Waals surface area contributed by atoms with Crippen LogP contribution in [0.3, 0.4) is 0 Å². The van der Waals surface area contributed by atoms with Crippen molar-refractivity contribution in [2.45, 2.75) is 38.7 Å². The summed E-state index contributed by atoms with van der Waals surface area (Å²) in [6.07, 6.45) is 6.09. The second kappa shape index (κ2) is 4.61. The van der Waals surface area contributed by atoms with Gasteiger partial charge in [0.15, 0.2) is 0 Å². The Labute approximate surface area is 102 Å². The van der Waals surface area contributed by atoms with Gasteiger partial charge in [-0.2, -0.15) is 0 Å². The van der Waals surface area contributed by atoms with E-state index in [1.165, 1.54) is 0 Å². The van der Waals surface area contributed by atoms with Crippen molar-refractivity contribution >= 4 is 0 Å². The number of rotatable bonds is 2. The van der Waals surface area contributed by atoms with Gasteiger partial charge in [0.1, 0.15) is 11.3 Å². The lowest BCUT2D eigenvalue weighted by atomic mass is 9.70. The number of methoxy groups -OCH3 is 1. The third kappa shape index (κ3) is 2.14. The minimum absolute atomic E-state index is 0.185. The number of nitrogens with zero attached hydrogens (tertiary/aromatic N) is 2. The maximum Gasteiger partial charge on any atom is 0.238 e. The van der Waals surface area contributed by atoms with E-state index in [1.54, 1.807) is 19.5 Å². The van der Waals surface area contributed by atoms with Crippen molar-refractivity contribution in [2.24, 2.45) is 11.8 Å². The van der Waals surface area contributed by atoms with Crippen LogP contribution in [0.4, 0.5) is 0 Å². The molecule has 1 N–H and O–H groups in total. The van der Waals surface area contributed by atoms with Crippen molar-refractivity contribution in [2.75, 3.05) is 7.11 Å². The molecule has 2 rings (SSSR count). The fourth-order valence-electron chi connectivity index (χ4n) is 2.71. The maximum atomic E-state index is 10.9. The molecule has 0 spiro atoms. The molecule has 3 atom stereocenters. The van der Waals surface area contributed by atoms with E-state index < -0.39 is 5.60 Å². The molecule has 17 heavy (non-hydrogen) atoms. The minimum Gasteiger partial charge on any atom is -0.480 e. The van der Waals surface area contributed by atoms with Gasteiger partial charge in [0, 0.05) is 12.4 Å². The first-order valence-corrected chi connectivity index (χ1v) is 6.15. The van der Waals surface area contributed by atoms with Crippen LogP contribution in [-0.4, -0.2) is 22.2 Å². The largest absolute Gasteiger partial charge is 0.480 e. The molecule has 0 saturated heterocycles. The molecule has 3 unspecified atom stereocenters. The van der Waals surface area contributed by atoms with Crippen molar-refractivity contribution < 1.29 is 9.84 Å². The zero-order chi connectivity index (χ0) is 12.5. The number of aromatic nitrogens is 2. The highest BCUT2D eigenvalue weighted by molar-refractivity contribution is 5.26. The van der Waals surface area contributed by atoms with Crippen LogP contribution >= 0.6 is 0 Å². The summed E-state index contributed by atoms with van der Waals surface area (Å²) in [7, 11) is 1.56. The quantitative estimate of drug-likeness (QED) is 0.854. The molecule has 0 aliphatic heterocycles. The van der Waals surface area contributed by atoms with Gasteiger partial charge in [-0.25, -0.2) is 4.98 Å². The van der Waals surface area contributed by atoms with Gasteiger partial charge in [-0.05, 0) is 24.7 Å². The highest BCUT2D eigenvalue weighted by Gasteiger charge is 2.43. The smallest absolute Gasteiger partial charge is 0.238 e. The molecule has 1 aromatic rings. The summed E-state index contributed by atoms with van der Waals surface area (Å²) in [5.74, 6) is 1.13. The summed E-state index contributed by atoms with van der Waals surface area (Å²) >= 11 is 0. The zero-order valence-corrected chi connectivity index (χ0v) is 10.7.